The summed E-state index contributed by atoms with van der Waals surface area (Å²) >= 11 is 1.25. The molecule has 0 fully saturated rings. The van der Waals surface area contributed by atoms with E-state index in [9.17, 15) is 9.59 Å². The molecule has 6 nitrogen and oxygen atoms in total. The fourth-order valence-corrected chi connectivity index (χ4v) is 4.23. The van der Waals surface area contributed by atoms with Crippen LogP contribution >= 0.6 is 11.3 Å². The third-order valence-electron chi connectivity index (χ3n) is 4.60. The Kier molecular flexibility index (Phi) is 5.43. The molecule has 0 bridgehead atoms. The summed E-state index contributed by atoms with van der Waals surface area (Å²) in [4.78, 5) is 31.4. The molecular weight excluding hydrogens is 362 g/mol. The van der Waals surface area contributed by atoms with E-state index in [-0.39, 0.29) is 11.5 Å². The maximum Gasteiger partial charge on any atom is 0.266 e. The van der Waals surface area contributed by atoms with Crippen molar-refractivity contribution in [3.63, 3.8) is 0 Å². The number of benzene rings is 1. The highest BCUT2D eigenvalue weighted by Crippen LogP contribution is 2.28. The summed E-state index contributed by atoms with van der Waals surface area (Å²) in [5.41, 5.74) is 3.44. The number of aryl methyl sites for hydroxylation is 4. The van der Waals surface area contributed by atoms with Gasteiger partial charge in [0.15, 0.2) is 0 Å². The summed E-state index contributed by atoms with van der Waals surface area (Å²) in [6, 6.07) is 5.87. The highest BCUT2D eigenvalue weighted by molar-refractivity contribution is 7.20. The van der Waals surface area contributed by atoms with E-state index in [0.717, 1.165) is 16.8 Å². The molecule has 3 rings (SSSR count). The molecule has 0 saturated heterocycles. The van der Waals surface area contributed by atoms with Crippen LogP contribution in [-0.4, -0.2) is 29.2 Å². The molecule has 2 aromatic heterocycles. The lowest BCUT2D eigenvalue weighted by molar-refractivity contribution is 0.103. The predicted molar refractivity (Wildman–Crippen MR) is 109 cm³/mol. The molecule has 0 aliphatic rings. The molecule has 0 aliphatic carbocycles. The van der Waals surface area contributed by atoms with Crippen molar-refractivity contribution in [1.82, 2.24) is 9.55 Å². The van der Waals surface area contributed by atoms with Crippen molar-refractivity contribution in [1.29, 1.82) is 0 Å². The summed E-state index contributed by atoms with van der Waals surface area (Å²) in [5.74, 6) is 0.398. The molecule has 3 aromatic rings. The van der Waals surface area contributed by atoms with Crippen LogP contribution in [0.1, 0.15) is 32.2 Å². The van der Waals surface area contributed by atoms with Gasteiger partial charge in [0, 0.05) is 12.8 Å². The van der Waals surface area contributed by atoms with Gasteiger partial charge in [0.05, 0.1) is 23.4 Å². The molecule has 0 unspecified atom stereocenters. The fraction of sp³-hybridized carbons (Fsp3) is 0.350. The normalized spacial score (nSPS) is 11.1. The monoisotopic (exact) mass is 385 g/mol. The number of aromatic nitrogens is 2. The number of nitrogens with zero attached hydrogens (tertiary/aromatic N) is 2. The van der Waals surface area contributed by atoms with Gasteiger partial charge in [0.2, 0.25) is 0 Å². The lowest BCUT2D eigenvalue weighted by atomic mass is 10.1. The van der Waals surface area contributed by atoms with Crippen LogP contribution in [0.3, 0.4) is 0 Å². The second-order valence-electron chi connectivity index (χ2n) is 6.62. The highest BCUT2D eigenvalue weighted by atomic mass is 32.1. The summed E-state index contributed by atoms with van der Waals surface area (Å²) < 4.78 is 6.67. The first kappa shape index (κ1) is 19.3. The molecule has 0 spiro atoms. The maximum atomic E-state index is 12.9. The van der Waals surface area contributed by atoms with Gasteiger partial charge in [-0.2, -0.15) is 0 Å². The number of amides is 1. The van der Waals surface area contributed by atoms with Gasteiger partial charge < -0.3 is 10.1 Å². The maximum absolute atomic E-state index is 12.9. The second-order valence-corrected chi connectivity index (χ2v) is 7.62. The van der Waals surface area contributed by atoms with E-state index < -0.39 is 0 Å². The third kappa shape index (κ3) is 3.65. The van der Waals surface area contributed by atoms with Gasteiger partial charge in [-0.25, -0.2) is 4.98 Å². The average Bonchev–Trinajstić information content (AvgIpc) is 2.93. The number of anilines is 1. The number of fused-ring (bicyclic) bond motifs is 1. The molecule has 27 heavy (non-hydrogen) atoms. The number of methoxy groups -OCH3 is 1. The largest absolute Gasteiger partial charge is 0.383 e. The lowest BCUT2D eigenvalue weighted by Gasteiger charge is -2.09. The predicted octanol–water partition coefficient (Wildman–Crippen LogP) is 3.59. The lowest BCUT2D eigenvalue weighted by Crippen LogP contribution is -2.25. The minimum atomic E-state index is -0.219. The summed E-state index contributed by atoms with van der Waals surface area (Å²) in [7, 11) is 1.59. The average molecular weight is 385 g/mol. The van der Waals surface area contributed by atoms with E-state index in [4.69, 9.17) is 4.74 Å². The molecule has 0 saturated carbocycles. The van der Waals surface area contributed by atoms with Crippen molar-refractivity contribution in [2.75, 3.05) is 19.0 Å². The number of rotatable bonds is 5. The van der Waals surface area contributed by atoms with E-state index >= 15 is 0 Å². The molecular formula is C20H23N3O3S. The van der Waals surface area contributed by atoms with Crippen molar-refractivity contribution in [3.05, 3.63) is 55.9 Å². The Morgan fingerprint density at radius 3 is 2.67 bits per heavy atom. The van der Waals surface area contributed by atoms with E-state index in [1.54, 1.807) is 25.5 Å². The fourth-order valence-electron chi connectivity index (χ4n) is 3.11. The van der Waals surface area contributed by atoms with Crippen molar-refractivity contribution in [2.45, 2.75) is 34.2 Å². The summed E-state index contributed by atoms with van der Waals surface area (Å²) in [5, 5.41) is 3.46. The zero-order valence-electron chi connectivity index (χ0n) is 16.2. The summed E-state index contributed by atoms with van der Waals surface area (Å²) in [6.07, 6.45) is 0. The number of nitrogens with one attached hydrogen (secondary N) is 1. The van der Waals surface area contributed by atoms with Crippen LogP contribution in [0, 0.1) is 27.7 Å². The van der Waals surface area contributed by atoms with Crippen molar-refractivity contribution < 1.29 is 9.53 Å². The Hall–Kier alpha value is -2.51. The van der Waals surface area contributed by atoms with Crippen LogP contribution in [0.4, 0.5) is 5.69 Å². The van der Waals surface area contributed by atoms with E-state index in [1.807, 2.05) is 32.0 Å². The minimum Gasteiger partial charge on any atom is -0.383 e. The van der Waals surface area contributed by atoms with Gasteiger partial charge >= 0.3 is 0 Å². The Balaban J connectivity index is 2.02. The van der Waals surface area contributed by atoms with Gasteiger partial charge in [-0.15, -0.1) is 11.3 Å². The molecule has 2 heterocycles. The molecule has 0 radical (unpaired) electrons. The Bertz CT molecular complexity index is 1080. The number of hydrogen-bond donors (Lipinski definition) is 1. The number of carbonyl (C=O) groups is 1. The summed E-state index contributed by atoms with van der Waals surface area (Å²) in [6.45, 7) is 8.42. The standard InChI is InChI=1S/C20H23N3O3S/c1-11-6-7-15(12(2)10-11)22-18(24)17-13(3)16-19(27-17)21-14(4)23(20(16)25)8-9-26-5/h6-7,10H,8-9H2,1-5H3,(H,22,24). The van der Waals surface area contributed by atoms with Crippen LogP contribution < -0.4 is 10.9 Å². The van der Waals surface area contributed by atoms with E-state index in [2.05, 4.69) is 10.3 Å². The zero-order chi connectivity index (χ0) is 19.7. The van der Waals surface area contributed by atoms with Crippen LogP contribution in [0.25, 0.3) is 10.2 Å². The Morgan fingerprint density at radius 1 is 1.26 bits per heavy atom. The van der Waals surface area contributed by atoms with Gasteiger partial charge in [0.1, 0.15) is 10.7 Å². The topological polar surface area (TPSA) is 73.2 Å². The van der Waals surface area contributed by atoms with Crippen LogP contribution in [0.2, 0.25) is 0 Å². The number of ether oxygens (including phenoxy) is 1. The smallest absolute Gasteiger partial charge is 0.266 e. The molecule has 1 amide bonds. The molecule has 7 heteroatoms. The molecule has 1 N–H and O–H groups in total. The molecule has 142 valence electrons. The first-order valence-corrected chi connectivity index (χ1v) is 9.53. The van der Waals surface area contributed by atoms with E-state index in [0.29, 0.717) is 39.6 Å². The molecule has 1 aromatic carbocycles. The third-order valence-corrected chi connectivity index (χ3v) is 5.78. The second kappa shape index (κ2) is 7.62. The minimum absolute atomic E-state index is 0.131. The zero-order valence-corrected chi connectivity index (χ0v) is 17.0. The molecule has 0 aliphatic heterocycles. The quantitative estimate of drug-likeness (QED) is 0.728. The van der Waals surface area contributed by atoms with Crippen LogP contribution in [0.5, 0.6) is 0 Å². The van der Waals surface area contributed by atoms with Crippen molar-refractivity contribution in [3.8, 4) is 0 Å². The molecule has 0 atom stereocenters. The Morgan fingerprint density at radius 2 is 2.00 bits per heavy atom. The van der Waals surface area contributed by atoms with Crippen LogP contribution in [0.15, 0.2) is 23.0 Å². The first-order chi connectivity index (χ1) is 12.8. The Labute approximate surface area is 161 Å². The SMILES string of the molecule is COCCn1c(C)nc2sc(C(=O)Nc3ccc(C)cc3C)c(C)c2c1=O. The van der Waals surface area contributed by atoms with Gasteiger partial charge in [0.25, 0.3) is 11.5 Å². The highest BCUT2D eigenvalue weighted by Gasteiger charge is 2.21. The number of hydrogen-bond acceptors (Lipinski definition) is 5. The van der Waals surface area contributed by atoms with Gasteiger partial charge in [-0.1, -0.05) is 17.7 Å². The van der Waals surface area contributed by atoms with Crippen molar-refractivity contribution >= 4 is 33.1 Å². The number of carbonyl (C=O) groups excluding carboxylic acids is 1. The van der Waals surface area contributed by atoms with Crippen LogP contribution in [-0.2, 0) is 11.3 Å². The van der Waals surface area contributed by atoms with Gasteiger partial charge in [-0.05, 0) is 44.9 Å². The first-order valence-electron chi connectivity index (χ1n) is 8.71. The van der Waals surface area contributed by atoms with Gasteiger partial charge in [-0.3, -0.25) is 14.2 Å². The van der Waals surface area contributed by atoms with E-state index in [1.165, 1.54) is 11.3 Å². The van der Waals surface area contributed by atoms with Crippen molar-refractivity contribution in [2.24, 2.45) is 0 Å². The number of thiophene rings is 1.